The highest BCUT2D eigenvalue weighted by Crippen LogP contribution is 2.46. The van der Waals surface area contributed by atoms with Crippen LogP contribution in [0.1, 0.15) is 51.5 Å². The molecule has 39 heavy (non-hydrogen) atoms. The largest absolute Gasteiger partial charge is 0.443 e. The van der Waals surface area contributed by atoms with Gasteiger partial charge in [0.15, 0.2) is 6.29 Å². The fraction of sp³-hybridized carbons (Fsp3) is 0.733. The molecule has 0 radical (unpaired) electrons. The number of alkyl carbamates (subject to hydrolysis) is 1. The summed E-state index contributed by atoms with van der Waals surface area (Å²) in [7, 11) is 1.71. The van der Waals surface area contributed by atoms with Crippen LogP contribution >= 0.6 is 0 Å². The van der Waals surface area contributed by atoms with Crippen LogP contribution in [-0.2, 0) is 25.4 Å². The Morgan fingerprint density at radius 3 is 2.77 bits per heavy atom. The Hall–Kier alpha value is -2.36. The zero-order valence-corrected chi connectivity index (χ0v) is 23.6. The van der Waals surface area contributed by atoms with Crippen LogP contribution in [0.25, 0.3) is 0 Å². The molecule has 3 bridgehead atoms. The van der Waals surface area contributed by atoms with Crippen molar-refractivity contribution in [3.05, 3.63) is 35.9 Å². The number of hydrogen-bond donors (Lipinski definition) is 1. The van der Waals surface area contributed by atoms with E-state index in [2.05, 4.69) is 31.3 Å². The number of piperidine rings is 1. The number of carbonyl (C=O) groups is 2. The van der Waals surface area contributed by atoms with Gasteiger partial charge in [-0.05, 0) is 50.0 Å². The van der Waals surface area contributed by atoms with Gasteiger partial charge in [-0.1, -0.05) is 44.2 Å². The van der Waals surface area contributed by atoms with Crippen LogP contribution in [0, 0.1) is 17.8 Å². The normalized spacial score (nSPS) is 30.3. The van der Waals surface area contributed by atoms with E-state index < -0.39 is 6.09 Å². The molecule has 7 atom stereocenters. The van der Waals surface area contributed by atoms with Crippen molar-refractivity contribution < 1.29 is 28.5 Å². The lowest BCUT2D eigenvalue weighted by molar-refractivity contribution is -0.153. The van der Waals surface area contributed by atoms with Crippen LogP contribution < -0.4 is 5.32 Å². The first-order valence-electron chi connectivity index (χ1n) is 14.7. The van der Waals surface area contributed by atoms with Crippen LogP contribution in [0.2, 0.25) is 0 Å². The summed E-state index contributed by atoms with van der Waals surface area (Å²) in [6.45, 7) is 7.43. The Labute approximate surface area is 232 Å². The molecule has 1 saturated carbocycles. The Bertz CT molecular complexity index is 953. The zero-order valence-electron chi connectivity index (χ0n) is 23.6. The third kappa shape index (κ3) is 7.05. The van der Waals surface area contributed by atoms with Crippen molar-refractivity contribution in [1.29, 1.82) is 0 Å². The van der Waals surface area contributed by atoms with Gasteiger partial charge in [-0.2, -0.15) is 0 Å². The summed E-state index contributed by atoms with van der Waals surface area (Å²) in [6, 6.07) is 10.0. The Morgan fingerprint density at radius 2 is 2.00 bits per heavy atom. The average molecular weight is 544 g/mol. The van der Waals surface area contributed by atoms with Crippen molar-refractivity contribution in [2.24, 2.45) is 17.8 Å². The minimum absolute atomic E-state index is 0.0532. The molecule has 3 amide bonds. The molecule has 0 aromatic heterocycles. The molecule has 1 aliphatic carbocycles. The summed E-state index contributed by atoms with van der Waals surface area (Å²) in [6.07, 6.45) is 4.26. The Morgan fingerprint density at radius 1 is 1.18 bits per heavy atom. The van der Waals surface area contributed by atoms with E-state index in [1.165, 1.54) is 0 Å². The van der Waals surface area contributed by atoms with Gasteiger partial charge in [0, 0.05) is 51.2 Å². The second-order valence-corrected chi connectivity index (χ2v) is 12.1. The summed E-state index contributed by atoms with van der Waals surface area (Å²) < 4.78 is 23.4. The van der Waals surface area contributed by atoms with Gasteiger partial charge in [0.1, 0.15) is 6.10 Å². The molecule has 9 heteroatoms. The van der Waals surface area contributed by atoms with Crippen LogP contribution in [0.3, 0.4) is 0 Å². The zero-order chi connectivity index (χ0) is 27.4. The van der Waals surface area contributed by atoms with Gasteiger partial charge in [-0.15, -0.1) is 0 Å². The van der Waals surface area contributed by atoms with Crippen molar-refractivity contribution in [3.63, 3.8) is 0 Å². The molecule has 216 valence electrons. The van der Waals surface area contributed by atoms with Gasteiger partial charge in [0.25, 0.3) is 0 Å². The SMILES string of the molecule is COC1CCCN(C(=O)N(CCC(Cc2ccccc2)NC(=O)OC2C3COC4OC2CC4C3)CC(C)C)C1. The summed E-state index contributed by atoms with van der Waals surface area (Å²) in [5, 5.41) is 3.14. The maximum absolute atomic E-state index is 13.6. The third-order valence-corrected chi connectivity index (χ3v) is 8.62. The number of urea groups is 1. The summed E-state index contributed by atoms with van der Waals surface area (Å²) in [5.41, 5.74) is 1.13. The van der Waals surface area contributed by atoms with E-state index in [9.17, 15) is 9.59 Å². The van der Waals surface area contributed by atoms with E-state index in [0.29, 0.717) is 50.9 Å². The standard InChI is InChI=1S/C30H45N3O6/c1-20(2)17-33(30(35)32-12-7-10-25(18-32)36-3)13-11-24(14-21-8-5-4-6-9-21)31-29(34)39-27-23-15-22-16-26(27)38-28(22)37-19-23/h4-6,8-9,20,22-28H,7,10-19H2,1-3H3,(H,31,34). The van der Waals surface area contributed by atoms with E-state index in [0.717, 1.165) is 37.8 Å². The minimum Gasteiger partial charge on any atom is -0.443 e. The van der Waals surface area contributed by atoms with Gasteiger partial charge >= 0.3 is 12.1 Å². The number of likely N-dealkylation sites (tertiary alicyclic amines) is 1. The molecule has 3 heterocycles. The second kappa shape index (κ2) is 12.9. The Balaban J connectivity index is 1.23. The predicted octanol–water partition coefficient (Wildman–Crippen LogP) is 4.05. The highest BCUT2D eigenvalue weighted by Gasteiger charge is 2.53. The minimum atomic E-state index is -0.418. The van der Waals surface area contributed by atoms with Crippen LogP contribution in [0.4, 0.5) is 9.59 Å². The lowest BCUT2D eigenvalue weighted by atomic mass is 9.78. The van der Waals surface area contributed by atoms with Gasteiger partial charge in [0.2, 0.25) is 0 Å². The summed E-state index contributed by atoms with van der Waals surface area (Å²) >= 11 is 0. The van der Waals surface area contributed by atoms with Gasteiger partial charge in [-0.3, -0.25) is 0 Å². The average Bonchev–Trinajstić information content (AvgIpc) is 3.24. The molecule has 1 aromatic rings. The first-order chi connectivity index (χ1) is 18.9. The molecule has 0 spiro atoms. The summed E-state index contributed by atoms with van der Waals surface area (Å²) in [4.78, 5) is 30.6. The van der Waals surface area contributed by atoms with Crippen LogP contribution in [0.15, 0.2) is 30.3 Å². The second-order valence-electron chi connectivity index (χ2n) is 12.1. The number of rotatable bonds is 10. The topological polar surface area (TPSA) is 89.6 Å². The maximum Gasteiger partial charge on any atom is 0.407 e. The number of benzene rings is 1. The number of carbonyl (C=O) groups excluding carboxylic acids is 2. The van der Waals surface area contributed by atoms with Crippen molar-refractivity contribution in [2.45, 2.75) is 83.0 Å². The molecule has 1 N–H and O–H groups in total. The third-order valence-electron chi connectivity index (χ3n) is 8.62. The highest BCUT2D eigenvalue weighted by molar-refractivity contribution is 5.74. The Kier molecular flexibility index (Phi) is 9.30. The van der Waals surface area contributed by atoms with Crippen molar-refractivity contribution in [1.82, 2.24) is 15.1 Å². The smallest absolute Gasteiger partial charge is 0.407 e. The van der Waals surface area contributed by atoms with Gasteiger partial charge < -0.3 is 34.1 Å². The molecular weight excluding hydrogens is 498 g/mol. The van der Waals surface area contributed by atoms with E-state index in [1.54, 1.807) is 7.11 Å². The number of amides is 3. The van der Waals surface area contributed by atoms with E-state index in [-0.39, 0.29) is 42.6 Å². The molecule has 1 aromatic carbocycles. The molecule has 3 aliphatic heterocycles. The number of methoxy groups -OCH3 is 1. The maximum atomic E-state index is 13.6. The van der Waals surface area contributed by atoms with Crippen molar-refractivity contribution >= 4 is 12.1 Å². The molecular formula is C30H45N3O6. The monoisotopic (exact) mass is 543 g/mol. The molecule has 9 nitrogen and oxygen atoms in total. The first-order valence-corrected chi connectivity index (χ1v) is 14.7. The van der Waals surface area contributed by atoms with Crippen molar-refractivity contribution in [2.75, 3.05) is 39.9 Å². The van der Waals surface area contributed by atoms with Crippen LogP contribution in [0.5, 0.6) is 0 Å². The van der Waals surface area contributed by atoms with E-state index in [4.69, 9.17) is 18.9 Å². The van der Waals surface area contributed by atoms with Gasteiger partial charge in [0.05, 0.1) is 18.8 Å². The lowest BCUT2D eigenvalue weighted by Gasteiger charge is -2.37. The number of hydrogen-bond acceptors (Lipinski definition) is 6. The summed E-state index contributed by atoms with van der Waals surface area (Å²) in [5.74, 6) is 0.943. The quantitative estimate of drug-likeness (QED) is 0.479. The van der Waals surface area contributed by atoms with Gasteiger partial charge in [-0.25, -0.2) is 9.59 Å². The molecule has 4 fully saturated rings. The highest BCUT2D eigenvalue weighted by atomic mass is 16.7. The van der Waals surface area contributed by atoms with E-state index in [1.807, 2.05) is 28.0 Å². The molecule has 4 aliphatic rings. The number of ether oxygens (including phenoxy) is 4. The molecule has 3 saturated heterocycles. The van der Waals surface area contributed by atoms with E-state index >= 15 is 0 Å². The number of nitrogens with one attached hydrogen (secondary N) is 1. The molecule has 5 rings (SSSR count). The first kappa shape index (κ1) is 28.2. The predicted molar refractivity (Wildman–Crippen MR) is 146 cm³/mol. The number of nitrogens with zero attached hydrogens (tertiary/aromatic N) is 2. The fourth-order valence-electron chi connectivity index (χ4n) is 6.69. The number of fused-ring (bicyclic) bond motifs is 2. The fourth-order valence-corrected chi connectivity index (χ4v) is 6.69. The molecule has 7 unspecified atom stereocenters. The van der Waals surface area contributed by atoms with Crippen LogP contribution in [-0.4, -0.2) is 92.5 Å². The lowest BCUT2D eigenvalue weighted by Crippen LogP contribution is -2.51. The van der Waals surface area contributed by atoms with Crippen molar-refractivity contribution in [3.8, 4) is 0 Å².